The number of hydrogen-bond donors (Lipinski definition) is 1. The highest BCUT2D eigenvalue weighted by Gasteiger charge is 2.23. The van der Waals surface area contributed by atoms with Crippen molar-refractivity contribution in [3.05, 3.63) is 22.1 Å². The lowest BCUT2D eigenvalue weighted by atomic mass is 10.3. The quantitative estimate of drug-likeness (QED) is 0.901. The van der Waals surface area contributed by atoms with Crippen molar-refractivity contribution >= 4 is 26.0 Å². The standard InChI is InChI=1S/C6H4BrF3N2O2S/c7-2-1-3(8)6(15(11,13)14)12-4(2)5(9)10/h1,5H,(H2,11,13,14). The van der Waals surface area contributed by atoms with Gasteiger partial charge in [-0.05, 0) is 22.0 Å². The van der Waals surface area contributed by atoms with Crippen LogP contribution in [0.1, 0.15) is 12.1 Å². The van der Waals surface area contributed by atoms with E-state index in [4.69, 9.17) is 0 Å². The van der Waals surface area contributed by atoms with Crippen molar-refractivity contribution in [2.75, 3.05) is 0 Å². The minimum atomic E-state index is -4.45. The number of aromatic nitrogens is 1. The first-order chi connectivity index (χ1) is 6.73. The molecule has 9 heteroatoms. The minimum Gasteiger partial charge on any atom is -0.230 e. The Balaban J connectivity index is 3.50. The fourth-order valence-electron chi connectivity index (χ4n) is 0.816. The first-order valence-electron chi connectivity index (χ1n) is 3.40. The Kier molecular flexibility index (Phi) is 3.36. The number of hydrogen-bond acceptors (Lipinski definition) is 3. The van der Waals surface area contributed by atoms with Crippen molar-refractivity contribution in [2.24, 2.45) is 5.14 Å². The van der Waals surface area contributed by atoms with Crippen molar-refractivity contribution < 1.29 is 21.6 Å². The van der Waals surface area contributed by atoms with E-state index in [-0.39, 0.29) is 4.47 Å². The minimum absolute atomic E-state index is 0.317. The molecule has 0 aliphatic rings. The third-order valence-corrected chi connectivity index (χ3v) is 2.86. The second-order valence-corrected chi connectivity index (χ2v) is 4.82. The number of halogens is 4. The molecule has 15 heavy (non-hydrogen) atoms. The number of pyridine rings is 1. The van der Waals surface area contributed by atoms with Crippen molar-refractivity contribution in [1.29, 1.82) is 0 Å². The summed E-state index contributed by atoms with van der Waals surface area (Å²) in [5.41, 5.74) is -0.875. The molecule has 1 aromatic rings. The molecule has 0 spiro atoms. The number of primary sulfonamides is 1. The lowest BCUT2D eigenvalue weighted by Gasteiger charge is -2.05. The van der Waals surface area contributed by atoms with Gasteiger partial charge < -0.3 is 0 Å². The highest BCUT2D eigenvalue weighted by atomic mass is 79.9. The molecule has 0 saturated carbocycles. The van der Waals surface area contributed by atoms with Crippen LogP contribution in [0.2, 0.25) is 0 Å². The highest BCUT2D eigenvalue weighted by molar-refractivity contribution is 9.10. The van der Waals surface area contributed by atoms with Crippen LogP contribution in [0, 0.1) is 5.82 Å². The van der Waals surface area contributed by atoms with E-state index in [9.17, 15) is 21.6 Å². The maximum atomic E-state index is 13.0. The SMILES string of the molecule is NS(=O)(=O)c1nc(C(F)F)c(Br)cc1F. The monoisotopic (exact) mass is 304 g/mol. The molecule has 0 aliphatic heterocycles. The van der Waals surface area contributed by atoms with E-state index in [0.29, 0.717) is 6.07 Å². The van der Waals surface area contributed by atoms with Gasteiger partial charge in [0, 0.05) is 4.47 Å². The molecular weight excluding hydrogens is 301 g/mol. The summed E-state index contributed by atoms with van der Waals surface area (Å²) in [6.45, 7) is 0. The Morgan fingerprint density at radius 2 is 2.00 bits per heavy atom. The van der Waals surface area contributed by atoms with Crippen LogP contribution in [0.25, 0.3) is 0 Å². The molecule has 2 N–H and O–H groups in total. The second-order valence-electron chi connectivity index (χ2n) is 2.49. The molecule has 0 bridgehead atoms. The largest absolute Gasteiger partial charge is 0.281 e. The van der Waals surface area contributed by atoms with E-state index < -0.39 is 33.0 Å². The summed E-state index contributed by atoms with van der Waals surface area (Å²) in [6.07, 6.45) is -3.03. The molecular formula is C6H4BrF3N2O2S. The third kappa shape index (κ3) is 2.67. The molecule has 0 radical (unpaired) electrons. The Morgan fingerprint density at radius 3 is 2.40 bits per heavy atom. The molecule has 0 aliphatic carbocycles. The van der Waals surface area contributed by atoms with Gasteiger partial charge in [0.15, 0.2) is 5.82 Å². The molecule has 0 fully saturated rings. The van der Waals surface area contributed by atoms with Gasteiger partial charge in [-0.15, -0.1) is 0 Å². The van der Waals surface area contributed by atoms with E-state index in [0.717, 1.165) is 0 Å². The predicted octanol–water partition coefficient (Wildman–Crippen LogP) is 1.57. The first kappa shape index (κ1) is 12.4. The van der Waals surface area contributed by atoms with Crippen molar-refractivity contribution in [3.8, 4) is 0 Å². The Hall–Kier alpha value is -0.670. The first-order valence-corrected chi connectivity index (χ1v) is 5.74. The topological polar surface area (TPSA) is 73.1 Å². The van der Waals surface area contributed by atoms with E-state index in [1.54, 1.807) is 0 Å². The van der Waals surface area contributed by atoms with E-state index in [2.05, 4.69) is 26.1 Å². The molecule has 0 aromatic carbocycles. The molecule has 0 saturated heterocycles. The van der Waals surface area contributed by atoms with Gasteiger partial charge in [0.25, 0.3) is 16.4 Å². The van der Waals surface area contributed by atoms with Gasteiger partial charge in [-0.1, -0.05) is 0 Å². The van der Waals surface area contributed by atoms with Gasteiger partial charge in [0.05, 0.1) is 0 Å². The van der Waals surface area contributed by atoms with Crippen molar-refractivity contribution in [2.45, 2.75) is 11.5 Å². The zero-order chi connectivity index (χ0) is 11.8. The van der Waals surface area contributed by atoms with Crippen molar-refractivity contribution in [1.82, 2.24) is 4.98 Å². The molecule has 1 rings (SSSR count). The molecule has 0 unspecified atom stereocenters. The zero-order valence-electron chi connectivity index (χ0n) is 6.92. The summed E-state index contributed by atoms with van der Waals surface area (Å²) in [5.74, 6) is -1.28. The number of rotatable bonds is 2. The molecule has 0 atom stereocenters. The summed E-state index contributed by atoms with van der Waals surface area (Å²) < 4.78 is 58.7. The van der Waals surface area contributed by atoms with Crippen LogP contribution < -0.4 is 5.14 Å². The van der Waals surface area contributed by atoms with Crippen LogP contribution in [0.5, 0.6) is 0 Å². The smallest absolute Gasteiger partial charge is 0.230 e. The molecule has 1 heterocycles. The number of nitrogens with two attached hydrogens (primary N) is 1. The molecule has 84 valence electrons. The number of nitrogens with zero attached hydrogens (tertiary/aromatic N) is 1. The lowest BCUT2D eigenvalue weighted by Crippen LogP contribution is -2.17. The maximum absolute atomic E-state index is 13.0. The Labute approximate surface area is 91.5 Å². The maximum Gasteiger partial charge on any atom is 0.281 e. The third-order valence-electron chi connectivity index (χ3n) is 1.40. The van der Waals surface area contributed by atoms with Gasteiger partial charge in [-0.3, -0.25) is 0 Å². The average Bonchev–Trinajstić information content (AvgIpc) is 2.00. The van der Waals surface area contributed by atoms with Crippen molar-refractivity contribution in [3.63, 3.8) is 0 Å². The number of sulfonamides is 1. The van der Waals surface area contributed by atoms with Gasteiger partial charge >= 0.3 is 0 Å². The summed E-state index contributed by atoms with van der Waals surface area (Å²) in [5, 5.41) is 3.39. The molecule has 0 amide bonds. The summed E-state index contributed by atoms with van der Waals surface area (Å²) in [6, 6.07) is 0.578. The van der Waals surface area contributed by atoms with Gasteiger partial charge in [-0.25, -0.2) is 31.7 Å². The van der Waals surface area contributed by atoms with Crippen LogP contribution in [-0.2, 0) is 10.0 Å². The summed E-state index contributed by atoms with van der Waals surface area (Å²) in [4.78, 5) is 2.96. The van der Waals surface area contributed by atoms with Crippen LogP contribution in [0.3, 0.4) is 0 Å². The normalized spacial score (nSPS) is 12.1. The zero-order valence-corrected chi connectivity index (χ0v) is 9.32. The average molecular weight is 305 g/mol. The highest BCUT2D eigenvalue weighted by Crippen LogP contribution is 2.27. The summed E-state index contributed by atoms with van der Waals surface area (Å²) in [7, 11) is -4.45. The fraction of sp³-hybridized carbons (Fsp3) is 0.167. The second kappa shape index (κ2) is 4.06. The Bertz CT molecular complexity index is 491. The van der Waals surface area contributed by atoms with Gasteiger partial charge in [0.2, 0.25) is 5.03 Å². The van der Waals surface area contributed by atoms with Crippen LogP contribution in [0.15, 0.2) is 15.6 Å². The number of alkyl halides is 2. The predicted molar refractivity (Wildman–Crippen MR) is 48.2 cm³/mol. The van der Waals surface area contributed by atoms with Crippen LogP contribution in [0.4, 0.5) is 13.2 Å². The van der Waals surface area contributed by atoms with Crippen LogP contribution >= 0.6 is 15.9 Å². The van der Waals surface area contributed by atoms with E-state index in [1.165, 1.54) is 0 Å². The van der Waals surface area contributed by atoms with Crippen LogP contribution in [-0.4, -0.2) is 13.4 Å². The van der Waals surface area contributed by atoms with Gasteiger partial charge in [0.1, 0.15) is 5.69 Å². The Morgan fingerprint density at radius 1 is 1.47 bits per heavy atom. The van der Waals surface area contributed by atoms with E-state index in [1.807, 2.05) is 0 Å². The fourth-order valence-corrected chi connectivity index (χ4v) is 1.83. The molecule has 1 aromatic heterocycles. The molecule has 4 nitrogen and oxygen atoms in total. The van der Waals surface area contributed by atoms with E-state index >= 15 is 0 Å². The lowest BCUT2D eigenvalue weighted by molar-refractivity contribution is 0.144. The van der Waals surface area contributed by atoms with Gasteiger partial charge in [-0.2, -0.15) is 0 Å². The summed E-state index contributed by atoms with van der Waals surface area (Å²) >= 11 is 2.63.